The molecule has 86 valence electrons. The summed E-state index contributed by atoms with van der Waals surface area (Å²) < 4.78 is 65.9. The smallest absolute Gasteiger partial charge is 1.00 e. The van der Waals surface area contributed by atoms with Crippen LogP contribution in [0, 0.1) is 0 Å². The Morgan fingerprint density at radius 2 is 1.88 bits per heavy atom. The van der Waals surface area contributed by atoms with Gasteiger partial charge >= 0.3 is 35.7 Å². The van der Waals surface area contributed by atoms with Crippen molar-refractivity contribution in [2.24, 2.45) is 0 Å². The minimum atomic E-state index is -4.52. The molecule has 0 saturated carbocycles. The van der Waals surface area contributed by atoms with Crippen molar-refractivity contribution in [3.05, 3.63) is 35.4 Å². The Kier molecular flexibility index (Phi) is 5.48. The van der Waals surface area contributed by atoms with Gasteiger partial charge in [-0.3, -0.25) is 4.55 Å². The van der Waals surface area contributed by atoms with Crippen molar-refractivity contribution < 1.29 is 57.1 Å². The van der Waals surface area contributed by atoms with Crippen LogP contribution in [0.25, 0.3) is 0 Å². The van der Waals surface area contributed by atoms with Gasteiger partial charge in [-0.05, 0) is 11.6 Å². The minimum Gasteiger partial charge on any atom is -1.00 e. The van der Waals surface area contributed by atoms with Crippen LogP contribution < -0.4 is 29.6 Å². The Hall–Kier alpha value is -0.0800. The van der Waals surface area contributed by atoms with Gasteiger partial charge in [0, 0.05) is 0 Å². The number of halogens is 3. The number of benzene rings is 1. The summed E-state index contributed by atoms with van der Waals surface area (Å²) in [7, 11) is -4.31. The van der Waals surface area contributed by atoms with Crippen molar-refractivity contribution in [2.45, 2.75) is 11.9 Å². The van der Waals surface area contributed by atoms with Crippen LogP contribution in [0.3, 0.4) is 0 Å². The van der Waals surface area contributed by atoms with E-state index in [-0.39, 0.29) is 36.5 Å². The quantitative estimate of drug-likeness (QED) is 0.562. The Bertz CT molecular complexity index is 461. The van der Waals surface area contributed by atoms with E-state index in [1.807, 2.05) is 0 Å². The maximum Gasteiger partial charge on any atom is 1.00 e. The van der Waals surface area contributed by atoms with Crippen LogP contribution in [-0.2, 0) is 22.0 Å². The van der Waals surface area contributed by atoms with E-state index in [0.717, 1.165) is 12.1 Å². The maximum atomic E-state index is 12.2. The van der Waals surface area contributed by atoms with Gasteiger partial charge in [0.05, 0.1) is 5.56 Å². The summed E-state index contributed by atoms with van der Waals surface area (Å²) in [5.74, 6) is -0.822. The minimum absolute atomic E-state index is 0. The summed E-state index contributed by atoms with van der Waals surface area (Å²) in [6, 6.07) is 3.80. The van der Waals surface area contributed by atoms with Crippen molar-refractivity contribution in [2.75, 3.05) is 0 Å². The van der Waals surface area contributed by atoms with E-state index in [4.69, 9.17) is 4.55 Å². The van der Waals surface area contributed by atoms with Crippen molar-refractivity contribution in [3.8, 4) is 0 Å². The first-order chi connectivity index (χ1) is 6.68. The number of hydrogen-bond donors (Lipinski definition) is 1. The normalized spacial score (nSPS) is 12.0. The molecule has 0 saturated heterocycles. The Balaban J connectivity index is 0. The molecule has 0 amide bonds. The molecule has 1 aromatic carbocycles. The molecule has 1 N–H and O–H groups in total. The van der Waals surface area contributed by atoms with Crippen LogP contribution in [-0.4, -0.2) is 13.0 Å². The molecule has 0 aromatic heterocycles. The molecule has 0 unspecified atom stereocenters. The number of hydrogen-bond acceptors (Lipinski definition) is 2. The average molecular weight is 264 g/mol. The summed E-state index contributed by atoms with van der Waals surface area (Å²) >= 11 is 0. The Labute approximate surface area is 114 Å². The van der Waals surface area contributed by atoms with Gasteiger partial charge in [-0.2, -0.15) is 21.6 Å². The fourth-order valence-electron chi connectivity index (χ4n) is 1.05. The van der Waals surface area contributed by atoms with Gasteiger partial charge in [0.2, 0.25) is 0 Å². The molecule has 0 heterocycles. The monoisotopic (exact) mass is 264 g/mol. The summed E-state index contributed by atoms with van der Waals surface area (Å²) in [5.41, 5.74) is -1.05. The van der Waals surface area contributed by atoms with E-state index < -0.39 is 27.6 Å². The number of rotatable bonds is 2. The van der Waals surface area contributed by atoms with E-state index in [1.165, 1.54) is 6.07 Å². The molecular formula is C8H8F3NaO3S. The fourth-order valence-corrected chi connectivity index (χ4v) is 1.65. The van der Waals surface area contributed by atoms with Crippen LogP contribution in [0.1, 0.15) is 12.6 Å². The molecule has 0 spiro atoms. The molecule has 1 aromatic rings. The van der Waals surface area contributed by atoms with Gasteiger partial charge in [0.1, 0.15) is 5.75 Å². The first-order valence-corrected chi connectivity index (χ1v) is 5.41. The van der Waals surface area contributed by atoms with Crippen molar-refractivity contribution in [3.63, 3.8) is 0 Å². The first kappa shape index (κ1) is 15.9. The van der Waals surface area contributed by atoms with E-state index in [1.54, 1.807) is 0 Å². The zero-order valence-electron chi connectivity index (χ0n) is 9.32. The van der Waals surface area contributed by atoms with E-state index >= 15 is 0 Å². The molecule has 0 aliphatic carbocycles. The van der Waals surface area contributed by atoms with Crippen molar-refractivity contribution in [1.29, 1.82) is 0 Å². The first-order valence-electron chi connectivity index (χ1n) is 3.80. The van der Waals surface area contributed by atoms with Gasteiger partial charge in [0.15, 0.2) is 0 Å². The van der Waals surface area contributed by atoms with Crippen molar-refractivity contribution in [1.82, 2.24) is 0 Å². The molecule has 3 nitrogen and oxygen atoms in total. The molecule has 0 fully saturated rings. The van der Waals surface area contributed by atoms with Crippen LogP contribution in [0.5, 0.6) is 0 Å². The Morgan fingerprint density at radius 3 is 2.31 bits per heavy atom. The summed E-state index contributed by atoms with van der Waals surface area (Å²) in [6.45, 7) is 0. The van der Waals surface area contributed by atoms with E-state index in [2.05, 4.69) is 0 Å². The zero-order chi connectivity index (χ0) is 11.7. The predicted molar refractivity (Wildman–Crippen MR) is 47.8 cm³/mol. The molecule has 16 heavy (non-hydrogen) atoms. The molecule has 1 rings (SSSR count). The van der Waals surface area contributed by atoms with Crippen LogP contribution in [0.15, 0.2) is 24.3 Å². The SMILES string of the molecule is O=S(=O)(O)Cc1cccc(C(F)(F)F)c1.[H-].[Na+]. The average Bonchev–Trinajstić information content (AvgIpc) is 1.99. The van der Waals surface area contributed by atoms with Crippen LogP contribution in [0.2, 0.25) is 0 Å². The topological polar surface area (TPSA) is 54.4 Å². The fraction of sp³-hybridized carbons (Fsp3) is 0.250. The second-order valence-corrected chi connectivity index (χ2v) is 4.38. The van der Waals surface area contributed by atoms with E-state index in [0.29, 0.717) is 6.07 Å². The third-order valence-electron chi connectivity index (χ3n) is 1.60. The largest absolute Gasteiger partial charge is 1.00 e. The molecule has 0 aliphatic rings. The third kappa shape index (κ3) is 5.31. The van der Waals surface area contributed by atoms with Crippen LogP contribution >= 0.6 is 0 Å². The molecule has 0 atom stereocenters. The molecular weight excluding hydrogens is 256 g/mol. The number of alkyl halides is 3. The predicted octanol–water partition coefficient (Wildman–Crippen LogP) is -0.790. The second kappa shape index (κ2) is 5.50. The zero-order valence-corrected chi connectivity index (χ0v) is 11.1. The summed E-state index contributed by atoms with van der Waals surface area (Å²) in [5, 5.41) is 0. The van der Waals surface area contributed by atoms with Gasteiger partial charge in [0.25, 0.3) is 10.1 Å². The summed E-state index contributed by atoms with van der Waals surface area (Å²) in [6.07, 6.45) is -4.52. The van der Waals surface area contributed by atoms with Gasteiger partial charge in [-0.15, -0.1) is 0 Å². The standard InChI is InChI=1S/C8H7F3O3S.Na.H/c9-8(10,11)7-3-1-2-6(4-7)5-15(12,13)14;;/h1-4H,5H2,(H,12,13,14);;/q;+1;-1. The Morgan fingerprint density at radius 1 is 1.31 bits per heavy atom. The third-order valence-corrected chi connectivity index (χ3v) is 2.30. The van der Waals surface area contributed by atoms with Gasteiger partial charge < -0.3 is 1.43 Å². The molecule has 0 aliphatic heterocycles. The molecule has 0 bridgehead atoms. The van der Waals surface area contributed by atoms with Crippen molar-refractivity contribution >= 4 is 10.1 Å². The maximum absolute atomic E-state index is 12.2. The van der Waals surface area contributed by atoms with Gasteiger partial charge in [-0.1, -0.05) is 18.2 Å². The summed E-state index contributed by atoms with van der Waals surface area (Å²) in [4.78, 5) is 0. The molecule has 0 radical (unpaired) electrons. The second-order valence-electron chi connectivity index (χ2n) is 2.92. The van der Waals surface area contributed by atoms with Gasteiger partial charge in [-0.25, -0.2) is 0 Å². The van der Waals surface area contributed by atoms with E-state index in [9.17, 15) is 21.6 Å². The van der Waals surface area contributed by atoms with Crippen LogP contribution in [0.4, 0.5) is 13.2 Å². The molecule has 8 heteroatoms.